The summed E-state index contributed by atoms with van der Waals surface area (Å²) < 4.78 is 0. The molecule has 5 aromatic carbocycles. The maximum atomic E-state index is 13.3. The zero-order valence-corrected chi connectivity index (χ0v) is 19.8. The predicted molar refractivity (Wildman–Crippen MR) is 144 cm³/mol. The molecule has 8 nitrogen and oxygen atoms in total. The molecule has 2 amide bonds. The van der Waals surface area contributed by atoms with Crippen LogP contribution in [-0.4, -0.2) is 34.0 Å². The Bertz CT molecular complexity index is 1640. The first-order valence-corrected chi connectivity index (χ1v) is 11.6. The van der Waals surface area contributed by atoms with Crippen molar-refractivity contribution in [2.45, 2.75) is 0 Å². The highest BCUT2D eigenvalue weighted by molar-refractivity contribution is 6.18. The van der Waals surface area contributed by atoms with Gasteiger partial charge in [0.05, 0.1) is 22.3 Å². The van der Waals surface area contributed by atoms with Crippen molar-refractivity contribution in [2.75, 3.05) is 10.6 Å². The Kier molecular flexibility index (Phi) is 6.28. The number of hydrogen-bond donors (Lipinski definition) is 4. The van der Waals surface area contributed by atoms with Crippen LogP contribution in [0.1, 0.15) is 41.4 Å². The standard InChI is InChI=1S/C30H20N2O6/c33-27(31-25-13-5-9-17-7-1-3-11-19(17)25)21-15-22(24(30(37)38)16-23(21)29(35)36)28(34)32-26-14-6-10-18-8-2-4-12-20(18)26/h1-16H,(H,31,33)(H,32,34)(H,35,36)(H,37,38). The third-order valence-corrected chi connectivity index (χ3v) is 6.18. The quantitative estimate of drug-likeness (QED) is 0.228. The van der Waals surface area contributed by atoms with Crippen LogP contribution < -0.4 is 10.6 Å². The molecule has 186 valence electrons. The molecule has 0 aliphatic heterocycles. The van der Waals surface area contributed by atoms with E-state index in [1.165, 1.54) is 0 Å². The van der Waals surface area contributed by atoms with Gasteiger partial charge in [-0.3, -0.25) is 9.59 Å². The van der Waals surface area contributed by atoms with E-state index >= 15 is 0 Å². The molecule has 0 fully saturated rings. The number of hydrogen-bond acceptors (Lipinski definition) is 4. The smallest absolute Gasteiger partial charge is 0.336 e. The second-order valence-electron chi connectivity index (χ2n) is 8.52. The molecule has 0 heterocycles. The second-order valence-corrected chi connectivity index (χ2v) is 8.52. The van der Waals surface area contributed by atoms with Crippen LogP contribution >= 0.6 is 0 Å². The van der Waals surface area contributed by atoms with Gasteiger partial charge in [0.2, 0.25) is 0 Å². The molecule has 8 heteroatoms. The lowest BCUT2D eigenvalue weighted by molar-refractivity contribution is 0.0690. The first kappa shape index (κ1) is 24.2. The summed E-state index contributed by atoms with van der Waals surface area (Å²) in [5.41, 5.74) is -0.900. The van der Waals surface area contributed by atoms with Gasteiger partial charge in [-0.05, 0) is 35.0 Å². The van der Waals surface area contributed by atoms with Gasteiger partial charge in [0.25, 0.3) is 11.8 Å². The van der Waals surface area contributed by atoms with Gasteiger partial charge in [-0.15, -0.1) is 0 Å². The van der Waals surface area contributed by atoms with Crippen molar-refractivity contribution in [1.29, 1.82) is 0 Å². The average Bonchev–Trinajstić information content (AvgIpc) is 2.92. The van der Waals surface area contributed by atoms with Gasteiger partial charge in [-0.1, -0.05) is 72.8 Å². The van der Waals surface area contributed by atoms with E-state index in [-0.39, 0.29) is 11.1 Å². The predicted octanol–water partition coefficient (Wildman–Crippen LogP) is 5.89. The number of fused-ring (bicyclic) bond motifs is 2. The number of carbonyl (C=O) groups is 4. The topological polar surface area (TPSA) is 133 Å². The van der Waals surface area contributed by atoms with Crippen molar-refractivity contribution in [3.63, 3.8) is 0 Å². The zero-order valence-electron chi connectivity index (χ0n) is 19.8. The maximum absolute atomic E-state index is 13.3. The molecule has 5 aromatic rings. The summed E-state index contributed by atoms with van der Waals surface area (Å²) in [4.78, 5) is 50.7. The van der Waals surface area contributed by atoms with E-state index in [2.05, 4.69) is 10.6 Å². The van der Waals surface area contributed by atoms with Gasteiger partial charge in [0.15, 0.2) is 0 Å². The highest BCUT2D eigenvalue weighted by atomic mass is 16.4. The fourth-order valence-electron chi connectivity index (χ4n) is 4.38. The normalized spacial score (nSPS) is 10.7. The molecule has 0 spiro atoms. The third-order valence-electron chi connectivity index (χ3n) is 6.18. The molecular formula is C30H20N2O6. The lowest BCUT2D eigenvalue weighted by Gasteiger charge is -2.15. The van der Waals surface area contributed by atoms with Gasteiger partial charge >= 0.3 is 11.9 Å². The lowest BCUT2D eigenvalue weighted by atomic mass is 9.96. The molecule has 38 heavy (non-hydrogen) atoms. The monoisotopic (exact) mass is 504 g/mol. The van der Waals surface area contributed by atoms with Crippen LogP contribution in [0.15, 0.2) is 97.1 Å². The van der Waals surface area contributed by atoms with Crippen LogP contribution in [-0.2, 0) is 0 Å². The lowest BCUT2D eigenvalue weighted by Crippen LogP contribution is -2.22. The third kappa shape index (κ3) is 4.54. The summed E-state index contributed by atoms with van der Waals surface area (Å²) in [5.74, 6) is -4.60. The Morgan fingerprint density at radius 2 is 0.842 bits per heavy atom. The number of amides is 2. The van der Waals surface area contributed by atoms with Gasteiger partial charge < -0.3 is 20.8 Å². The first-order chi connectivity index (χ1) is 18.3. The molecule has 0 aliphatic carbocycles. The first-order valence-electron chi connectivity index (χ1n) is 11.6. The molecule has 0 atom stereocenters. The number of carbonyl (C=O) groups excluding carboxylic acids is 2. The van der Waals surface area contributed by atoms with Crippen LogP contribution in [0, 0.1) is 0 Å². The van der Waals surface area contributed by atoms with Crippen LogP contribution in [0.3, 0.4) is 0 Å². The molecule has 0 radical (unpaired) electrons. The summed E-state index contributed by atoms with van der Waals surface area (Å²) >= 11 is 0. The van der Waals surface area contributed by atoms with E-state index in [1.807, 2.05) is 36.4 Å². The number of benzene rings is 5. The van der Waals surface area contributed by atoms with Crippen molar-refractivity contribution in [3.05, 3.63) is 119 Å². The van der Waals surface area contributed by atoms with E-state index in [0.29, 0.717) is 11.4 Å². The van der Waals surface area contributed by atoms with Crippen molar-refractivity contribution in [1.82, 2.24) is 0 Å². The molecule has 0 unspecified atom stereocenters. The second kappa shape index (κ2) is 9.87. The van der Waals surface area contributed by atoms with Crippen molar-refractivity contribution in [2.24, 2.45) is 0 Å². The van der Waals surface area contributed by atoms with E-state index < -0.39 is 34.9 Å². The minimum Gasteiger partial charge on any atom is -0.478 e. The average molecular weight is 504 g/mol. The number of rotatable bonds is 6. The number of carboxylic acid groups (broad SMARTS) is 2. The van der Waals surface area contributed by atoms with Crippen LogP contribution in [0.5, 0.6) is 0 Å². The summed E-state index contributed by atoms with van der Waals surface area (Å²) in [6.45, 7) is 0. The Balaban J connectivity index is 1.58. The molecule has 0 aromatic heterocycles. The molecule has 0 saturated carbocycles. The van der Waals surface area contributed by atoms with Gasteiger partial charge in [-0.2, -0.15) is 0 Å². The highest BCUT2D eigenvalue weighted by Gasteiger charge is 2.26. The van der Waals surface area contributed by atoms with Crippen molar-refractivity contribution < 1.29 is 29.4 Å². The minimum absolute atomic E-state index is 0.349. The molecule has 0 saturated heterocycles. The van der Waals surface area contributed by atoms with E-state index in [1.54, 1.807) is 48.5 Å². The summed E-state index contributed by atoms with van der Waals surface area (Å²) in [5, 5.41) is 28.1. The SMILES string of the molecule is O=C(O)c1cc(C(=O)O)c(C(=O)Nc2cccc3ccccc23)cc1C(=O)Nc1cccc2ccccc12. The molecule has 4 N–H and O–H groups in total. The Labute approximate surface area is 216 Å². The van der Waals surface area contributed by atoms with E-state index in [9.17, 15) is 29.4 Å². The Morgan fingerprint density at radius 3 is 1.26 bits per heavy atom. The van der Waals surface area contributed by atoms with Crippen LogP contribution in [0.2, 0.25) is 0 Å². The van der Waals surface area contributed by atoms with E-state index in [4.69, 9.17) is 0 Å². The summed E-state index contributed by atoms with van der Waals surface area (Å²) in [6, 6.07) is 27.0. The molecular weight excluding hydrogens is 484 g/mol. The van der Waals surface area contributed by atoms with Crippen molar-refractivity contribution in [3.8, 4) is 0 Å². The maximum Gasteiger partial charge on any atom is 0.336 e. The fourth-order valence-corrected chi connectivity index (χ4v) is 4.38. The van der Waals surface area contributed by atoms with Crippen LogP contribution in [0.4, 0.5) is 11.4 Å². The van der Waals surface area contributed by atoms with Gasteiger partial charge in [0, 0.05) is 22.1 Å². The van der Waals surface area contributed by atoms with Gasteiger partial charge in [-0.25, -0.2) is 9.59 Å². The number of aromatic carboxylic acids is 2. The number of nitrogens with one attached hydrogen (secondary N) is 2. The van der Waals surface area contributed by atoms with Crippen molar-refractivity contribution >= 4 is 56.7 Å². The summed E-state index contributed by atoms with van der Waals surface area (Å²) in [7, 11) is 0. The molecule has 5 rings (SSSR count). The number of carboxylic acids is 2. The highest BCUT2D eigenvalue weighted by Crippen LogP contribution is 2.27. The minimum atomic E-state index is -1.50. The van der Waals surface area contributed by atoms with Crippen LogP contribution in [0.25, 0.3) is 21.5 Å². The zero-order chi connectivity index (χ0) is 26.8. The fraction of sp³-hybridized carbons (Fsp3) is 0. The molecule has 0 aliphatic rings. The number of anilines is 2. The largest absolute Gasteiger partial charge is 0.478 e. The summed E-state index contributed by atoms with van der Waals surface area (Å²) in [6.07, 6.45) is 0. The molecule has 0 bridgehead atoms. The van der Waals surface area contributed by atoms with E-state index in [0.717, 1.165) is 33.7 Å². The van der Waals surface area contributed by atoms with Gasteiger partial charge in [0.1, 0.15) is 0 Å². The Morgan fingerprint density at radius 1 is 0.474 bits per heavy atom. The Hall–Kier alpha value is -5.50.